The van der Waals surface area contributed by atoms with Crippen molar-refractivity contribution < 1.29 is 19.8 Å². The zero-order chi connectivity index (χ0) is 28.6. The van der Waals surface area contributed by atoms with Gasteiger partial charge in [0.15, 0.2) is 5.16 Å². The molecular weight excluding hydrogens is 518 g/mol. The summed E-state index contributed by atoms with van der Waals surface area (Å²) in [7, 11) is 2.03. The van der Waals surface area contributed by atoms with Crippen molar-refractivity contribution in [1.29, 1.82) is 0 Å². The molecule has 1 saturated heterocycles. The molecule has 39 heavy (non-hydrogen) atoms. The topological polar surface area (TPSA) is 138 Å². The Morgan fingerprint density at radius 1 is 1.05 bits per heavy atom. The van der Waals surface area contributed by atoms with Gasteiger partial charge in [0.2, 0.25) is 0 Å². The minimum atomic E-state index is -1.26. The molecule has 0 radical (unpaired) electrons. The van der Waals surface area contributed by atoms with Crippen LogP contribution in [0.4, 0.5) is 5.82 Å². The first kappa shape index (κ1) is 30.6. The normalized spacial score (nSPS) is 16.6. The predicted molar refractivity (Wildman–Crippen MR) is 151 cm³/mol. The molecule has 0 unspecified atom stereocenters. The number of aromatic nitrogens is 5. The van der Waals surface area contributed by atoms with E-state index in [1.165, 1.54) is 31.4 Å². The van der Waals surface area contributed by atoms with Crippen molar-refractivity contribution in [3.63, 3.8) is 0 Å². The van der Waals surface area contributed by atoms with E-state index in [2.05, 4.69) is 51.4 Å². The van der Waals surface area contributed by atoms with Gasteiger partial charge in [0.1, 0.15) is 17.5 Å². The van der Waals surface area contributed by atoms with Crippen molar-refractivity contribution >= 4 is 29.5 Å². The Morgan fingerprint density at radius 2 is 1.69 bits per heavy atom. The van der Waals surface area contributed by atoms with Gasteiger partial charge in [-0.3, -0.25) is 4.90 Å². The van der Waals surface area contributed by atoms with E-state index in [0.29, 0.717) is 18.1 Å². The molecule has 1 aliphatic heterocycles. The van der Waals surface area contributed by atoms with Gasteiger partial charge in [-0.25, -0.2) is 19.6 Å². The number of aryl methyl sites for hydroxylation is 1. The SMILES string of the molecule is Cc1nnc(SCCCN2CCN(c3cc(C4CCC4)nc(C(C)(C)C)n3)CC2)n1C.O=C(O)C=CC(=O)O. The Labute approximate surface area is 234 Å². The number of piperazine rings is 1. The van der Waals surface area contributed by atoms with Gasteiger partial charge >= 0.3 is 11.9 Å². The number of aliphatic carboxylic acids is 2. The van der Waals surface area contributed by atoms with Crippen molar-refractivity contribution in [3.05, 3.63) is 35.6 Å². The molecule has 0 aromatic carbocycles. The Kier molecular flexibility index (Phi) is 10.9. The van der Waals surface area contributed by atoms with Crippen LogP contribution >= 0.6 is 11.8 Å². The van der Waals surface area contributed by atoms with Gasteiger partial charge in [0, 0.05) is 74.2 Å². The monoisotopic (exact) mass is 559 g/mol. The largest absolute Gasteiger partial charge is 0.478 e. The van der Waals surface area contributed by atoms with Crippen LogP contribution in [0.1, 0.15) is 69.7 Å². The summed E-state index contributed by atoms with van der Waals surface area (Å²) in [6.45, 7) is 14.1. The number of anilines is 1. The van der Waals surface area contributed by atoms with E-state index in [0.717, 1.165) is 61.1 Å². The van der Waals surface area contributed by atoms with Crippen LogP contribution in [0.2, 0.25) is 0 Å². The highest BCUT2D eigenvalue weighted by atomic mass is 32.2. The second kappa shape index (κ2) is 13.9. The summed E-state index contributed by atoms with van der Waals surface area (Å²) >= 11 is 1.80. The molecule has 11 nitrogen and oxygen atoms in total. The maximum Gasteiger partial charge on any atom is 0.328 e. The second-order valence-corrected chi connectivity index (χ2v) is 12.0. The first-order chi connectivity index (χ1) is 18.4. The van der Waals surface area contributed by atoms with E-state index in [4.69, 9.17) is 20.2 Å². The summed E-state index contributed by atoms with van der Waals surface area (Å²) in [4.78, 5) is 34.1. The summed E-state index contributed by atoms with van der Waals surface area (Å²) < 4.78 is 2.06. The summed E-state index contributed by atoms with van der Waals surface area (Å²) in [5.41, 5.74) is 1.24. The lowest BCUT2D eigenvalue weighted by Gasteiger charge is -2.36. The van der Waals surface area contributed by atoms with Gasteiger partial charge in [-0.05, 0) is 32.7 Å². The summed E-state index contributed by atoms with van der Waals surface area (Å²) in [6, 6.07) is 2.27. The van der Waals surface area contributed by atoms with Crippen LogP contribution < -0.4 is 4.90 Å². The van der Waals surface area contributed by atoms with E-state index >= 15 is 0 Å². The molecule has 0 bridgehead atoms. The van der Waals surface area contributed by atoms with E-state index < -0.39 is 11.9 Å². The molecule has 2 aliphatic rings. The van der Waals surface area contributed by atoms with Crippen LogP contribution in [0.15, 0.2) is 23.4 Å². The number of carboxylic acids is 2. The molecule has 4 rings (SSSR count). The Bertz CT molecular complexity index is 1130. The van der Waals surface area contributed by atoms with Crippen LogP contribution in [0.3, 0.4) is 0 Å². The minimum Gasteiger partial charge on any atom is -0.478 e. The number of thioether (sulfide) groups is 1. The van der Waals surface area contributed by atoms with Gasteiger partial charge in [0.05, 0.1) is 0 Å². The van der Waals surface area contributed by atoms with Gasteiger partial charge in [-0.1, -0.05) is 39.0 Å². The smallest absolute Gasteiger partial charge is 0.328 e. The Hall–Kier alpha value is -2.99. The van der Waals surface area contributed by atoms with Gasteiger partial charge in [-0.15, -0.1) is 10.2 Å². The summed E-state index contributed by atoms with van der Waals surface area (Å²) in [5.74, 6) is 2.30. The van der Waals surface area contributed by atoms with Crippen molar-refractivity contribution in [2.24, 2.45) is 7.05 Å². The standard InChI is InChI=1S/C23H37N7S.C4H4O4/c1-17-26-27-22(28(17)5)31-15-7-10-29-11-13-30(14-12-29)20-16-19(18-8-6-9-18)24-21(25-20)23(2,3)4;5-3(6)1-2-4(7)8/h16,18H,6-15H2,1-5H3;1-2H,(H,5,6)(H,7,8). The first-order valence-electron chi connectivity index (χ1n) is 13.4. The van der Waals surface area contributed by atoms with Crippen molar-refractivity contribution in [2.75, 3.05) is 43.4 Å². The fourth-order valence-corrected chi connectivity index (χ4v) is 5.05. The maximum absolute atomic E-state index is 9.55. The number of rotatable bonds is 9. The van der Waals surface area contributed by atoms with Crippen molar-refractivity contribution in [3.8, 4) is 0 Å². The molecule has 0 atom stereocenters. The Balaban J connectivity index is 0.000000459. The third kappa shape index (κ3) is 9.31. The van der Waals surface area contributed by atoms with Crippen molar-refractivity contribution in [2.45, 2.75) is 69.9 Å². The molecule has 3 heterocycles. The fourth-order valence-electron chi connectivity index (χ4n) is 4.17. The summed E-state index contributed by atoms with van der Waals surface area (Å²) in [5, 5.41) is 25.0. The van der Waals surface area contributed by atoms with E-state index in [1.807, 2.05) is 14.0 Å². The molecule has 1 saturated carbocycles. The highest BCUT2D eigenvalue weighted by Gasteiger charge is 2.27. The van der Waals surface area contributed by atoms with Crippen LogP contribution in [0, 0.1) is 6.92 Å². The van der Waals surface area contributed by atoms with E-state index in [-0.39, 0.29) is 5.41 Å². The number of hydrogen-bond donors (Lipinski definition) is 2. The molecule has 12 heteroatoms. The lowest BCUT2D eigenvalue weighted by Crippen LogP contribution is -2.47. The summed E-state index contributed by atoms with van der Waals surface area (Å²) in [6.07, 6.45) is 6.18. The molecule has 2 aromatic rings. The van der Waals surface area contributed by atoms with Gasteiger partial charge in [0.25, 0.3) is 0 Å². The third-order valence-electron chi connectivity index (χ3n) is 6.89. The average Bonchev–Trinajstić information content (AvgIpc) is 3.17. The predicted octanol–water partition coefficient (Wildman–Crippen LogP) is 3.49. The third-order valence-corrected chi connectivity index (χ3v) is 8.00. The van der Waals surface area contributed by atoms with Crippen LogP contribution in [-0.4, -0.2) is 90.3 Å². The quantitative estimate of drug-likeness (QED) is 0.265. The van der Waals surface area contributed by atoms with Crippen molar-refractivity contribution in [1.82, 2.24) is 29.6 Å². The van der Waals surface area contributed by atoms with E-state index in [9.17, 15) is 9.59 Å². The second-order valence-electron chi connectivity index (χ2n) is 11.0. The molecule has 0 amide bonds. The molecule has 2 aromatic heterocycles. The van der Waals surface area contributed by atoms with Gasteiger partial charge in [-0.2, -0.15) is 0 Å². The minimum absolute atomic E-state index is 0.0186. The zero-order valence-electron chi connectivity index (χ0n) is 23.6. The van der Waals surface area contributed by atoms with Crippen LogP contribution in [0.25, 0.3) is 0 Å². The van der Waals surface area contributed by atoms with E-state index in [1.54, 1.807) is 11.8 Å². The molecule has 2 fully saturated rings. The lowest BCUT2D eigenvalue weighted by atomic mass is 9.82. The highest BCUT2D eigenvalue weighted by Crippen LogP contribution is 2.37. The zero-order valence-corrected chi connectivity index (χ0v) is 24.4. The molecule has 1 aliphatic carbocycles. The first-order valence-corrected chi connectivity index (χ1v) is 14.4. The van der Waals surface area contributed by atoms with Crippen LogP contribution in [0.5, 0.6) is 0 Å². The molecule has 2 N–H and O–H groups in total. The fraction of sp³-hybridized carbons (Fsp3) is 0.630. The maximum atomic E-state index is 9.55. The number of hydrogen-bond acceptors (Lipinski definition) is 9. The number of carboxylic acid groups (broad SMARTS) is 2. The average molecular weight is 560 g/mol. The highest BCUT2D eigenvalue weighted by molar-refractivity contribution is 7.99. The Morgan fingerprint density at radius 3 is 2.18 bits per heavy atom. The molecule has 214 valence electrons. The van der Waals surface area contributed by atoms with Crippen LogP contribution in [-0.2, 0) is 22.1 Å². The lowest BCUT2D eigenvalue weighted by molar-refractivity contribution is -0.134. The number of nitrogens with zero attached hydrogens (tertiary/aromatic N) is 7. The van der Waals surface area contributed by atoms with Gasteiger partial charge < -0.3 is 19.7 Å². The molecule has 0 spiro atoms. The number of carbonyl (C=O) groups is 2. The molecular formula is C27H41N7O4S.